The second-order valence-electron chi connectivity index (χ2n) is 11.6. The van der Waals surface area contributed by atoms with Gasteiger partial charge in [0.2, 0.25) is 0 Å². The number of ketones is 2. The molecule has 0 radical (unpaired) electrons. The molecule has 6 aliphatic rings. The molecule has 4 fully saturated rings. The molecule has 0 heterocycles. The number of hydrogen-bond acceptors (Lipinski definition) is 2. The molecule has 0 N–H and O–H groups in total. The van der Waals surface area contributed by atoms with Gasteiger partial charge in [-0.1, -0.05) is 43.7 Å². The summed E-state index contributed by atoms with van der Waals surface area (Å²) in [6, 6.07) is 0. The Kier molecular flexibility index (Phi) is 4.06. The van der Waals surface area contributed by atoms with Crippen LogP contribution in [0.2, 0.25) is 0 Å². The van der Waals surface area contributed by atoms with Crippen molar-refractivity contribution in [3.05, 3.63) is 47.1 Å². The third-order valence-electron chi connectivity index (χ3n) is 10.0. The zero-order valence-corrected chi connectivity index (χ0v) is 18.5. The van der Waals surface area contributed by atoms with Crippen molar-refractivity contribution in [2.75, 3.05) is 0 Å². The van der Waals surface area contributed by atoms with E-state index in [-0.39, 0.29) is 10.8 Å². The maximum atomic E-state index is 13.0. The molecule has 0 saturated heterocycles. The number of fused-ring (bicyclic) bond motifs is 6. The van der Waals surface area contributed by atoms with Crippen LogP contribution in [0.1, 0.15) is 71.6 Å². The van der Waals surface area contributed by atoms with Crippen molar-refractivity contribution in [3.63, 3.8) is 0 Å². The van der Waals surface area contributed by atoms with Gasteiger partial charge in [0, 0.05) is 18.3 Å². The van der Waals surface area contributed by atoms with Gasteiger partial charge in [0.25, 0.3) is 0 Å². The van der Waals surface area contributed by atoms with E-state index in [1.807, 2.05) is 0 Å². The lowest BCUT2D eigenvalue weighted by atomic mass is 9.45. The second kappa shape index (κ2) is 6.40. The van der Waals surface area contributed by atoms with Gasteiger partial charge in [-0.2, -0.15) is 0 Å². The van der Waals surface area contributed by atoms with E-state index in [4.69, 9.17) is 0 Å². The third-order valence-corrected chi connectivity index (χ3v) is 10.0. The van der Waals surface area contributed by atoms with Crippen molar-refractivity contribution in [1.82, 2.24) is 0 Å². The first-order chi connectivity index (χ1) is 14.4. The Bertz CT molecular complexity index is 946. The monoisotopic (exact) mass is 402 g/mol. The summed E-state index contributed by atoms with van der Waals surface area (Å²) in [5, 5.41) is 0. The number of Topliss-reactive ketones (excluding diaryl/α,β-unsaturated/α-hetero) is 2. The number of hydrogen-bond donors (Lipinski definition) is 0. The van der Waals surface area contributed by atoms with Gasteiger partial charge in [-0.05, 0) is 97.2 Å². The van der Waals surface area contributed by atoms with Gasteiger partial charge in [0.1, 0.15) is 5.78 Å². The fraction of sp³-hybridized carbons (Fsp3) is 0.643. The minimum Gasteiger partial charge on any atom is -0.299 e. The summed E-state index contributed by atoms with van der Waals surface area (Å²) >= 11 is 0. The van der Waals surface area contributed by atoms with Crippen LogP contribution in [0, 0.1) is 40.4 Å². The van der Waals surface area contributed by atoms with E-state index < -0.39 is 0 Å². The Hall–Kier alpha value is -1.70. The fourth-order valence-electron chi connectivity index (χ4n) is 8.04. The van der Waals surface area contributed by atoms with Crippen LogP contribution in [0.5, 0.6) is 0 Å². The van der Waals surface area contributed by atoms with E-state index in [1.54, 1.807) is 0 Å². The number of allylic oxidation sites excluding steroid dienone is 8. The lowest BCUT2D eigenvalue weighted by Gasteiger charge is -2.59. The van der Waals surface area contributed by atoms with Crippen molar-refractivity contribution < 1.29 is 9.59 Å². The Balaban J connectivity index is 1.33. The van der Waals surface area contributed by atoms with Crippen LogP contribution in [0.3, 0.4) is 0 Å². The summed E-state index contributed by atoms with van der Waals surface area (Å²) in [6.07, 6.45) is 20.7. The minimum atomic E-state index is -0.0945. The zero-order chi connectivity index (χ0) is 20.7. The summed E-state index contributed by atoms with van der Waals surface area (Å²) in [5.41, 5.74) is 3.67. The first-order valence-electron chi connectivity index (χ1n) is 12.2. The van der Waals surface area contributed by atoms with Crippen LogP contribution in [0.15, 0.2) is 47.1 Å². The van der Waals surface area contributed by atoms with Crippen molar-refractivity contribution in [2.24, 2.45) is 40.4 Å². The lowest BCUT2D eigenvalue weighted by Crippen LogP contribution is -2.54. The summed E-state index contributed by atoms with van der Waals surface area (Å²) in [4.78, 5) is 25.9. The highest BCUT2D eigenvalue weighted by atomic mass is 16.1. The molecule has 4 saturated carbocycles. The predicted molar refractivity (Wildman–Crippen MR) is 119 cm³/mol. The van der Waals surface area contributed by atoms with E-state index >= 15 is 0 Å². The van der Waals surface area contributed by atoms with Crippen LogP contribution in [0.4, 0.5) is 0 Å². The standard InChI is InChI=1S/C28H34O2/c1-27-11-10-24-22(23(27)4-3-5-26(27)30)9-8-21-15-25(29)20(16-28(21,24)2)13-17-6-7-18-14-19(18)12-17/h6-8,12-13,18-19,22-24H,3-5,9-11,14-16H2,1-2H3/b20-13+. The molecule has 2 nitrogen and oxygen atoms in total. The van der Waals surface area contributed by atoms with E-state index in [0.717, 1.165) is 50.0 Å². The Labute approximate surface area is 180 Å². The van der Waals surface area contributed by atoms with E-state index in [2.05, 4.69) is 44.2 Å². The first kappa shape index (κ1) is 19.0. The van der Waals surface area contributed by atoms with E-state index in [9.17, 15) is 9.59 Å². The smallest absolute Gasteiger partial charge is 0.162 e. The van der Waals surface area contributed by atoms with Crippen molar-refractivity contribution >= 4 is 11.6 Å². The van der Waals surface area contributed by atoms with Gasteiger partial charge in [0.05, 0.1) is 0 Å². The Morgan fingerprint density at radius 2 is 1.90 bits per heavy atom. The lowest BCUT2D eigenvalue weighted by molar-refractivity contribution is -0.144. The molecule has 0 aromatic rings. The molecular weight excluding hydrogens is 368 g/mol. The Morgan fingerprint density at radius 1 is 1.07 bits per heavy atom. The molecule has 7 unspecified atom stereocenters. The fourth-order valence-corrected chi connectivity index (χ4v) is 8.04. The van der Waals surface area contributed by atoms with E-state index in [0.29, 0.717) is 41.7 Å². The van der Waals surface area contributed by atoms with Crippen molar-refractivity contribution in [2.45, 2.75) is 71.6 Å². The largest absolute Gasteiger partial charge is 0.299 e. The molecule has 0 amide bonds. The van der Waals surface area contributed by atoms with E-state index in [1.165, 1.54) is 24.0 Å². The second-order valence-corrected chi connectivity index (χ2v) is 11.6. The minimum absolute atomic E-state index is 0.0888. The summed E-state index contributed by atoms with van der Waals surface area (Å²) < 4.78 is 0. The molecule has 6 rings (SSSR count). The molecular formula is C28H34O2. The maximum Gasteiger partial charge on any atom is 0.162 e. The average Bonchev–Trinajstić information content (AvgIpc) is 3.49. The molecule has 158 valence electrons. The number of rotatable bonds is 1. The first-order valence-corrected chi connectivity index (χ1v) is 12.2. The molecule has 2 heteroatoms. The zero-order valence-electron chi connectivity index (χ0n) is 18.5. The summed E-state index contributed by atoms with van der Waals surface area (Å²) in [5.74, 6) is 4.08. The van der Waals surface area contributed by atoms with Gasteiger partial charge < -0.3 is 0 Å². The molecule has 7 atom stereocenters. The molecule has 0 spiro atoms. The predicted octanol–water partition coefficient (Wildman–Crippen LogP) is 6.15. The van der Waals surface area contributed by atoms with Crippen LogP contribution in [-0.2, 0) is 9.59 Å². The number of carbonyl (C=O) groups excluding carboxylic acids is 2. The summed E-state index contributed by atoms with van der Waals surface area (Å²) in [6.45, 7) is 4.70. The highest BCUT2D eigenvalue weighted by molar-refractivity contribution is 5.99. The van der Waals surface area contributed by atoms with Crippen LogP contribution < -0.4 is 0 Å². The third kappa shape index (κ3) is 2.68. The molecule has 0 aliphatic heterocycles. The van der Waals surface area contributed by atoms with Gasteiger partial charge in [-0.15, -0.1) is 0 Å². The highest BCUT2D eigenvalue weighted by Crippen LogP contribution is 2.63. The molecule has 0 aromatic heterocycles. The van der Waals surface area contributed by atoms with Crippen molar-refractivity contribution in [3.8, 4) is 0 Å². The quantitative estimate of drug-likeness (QED) is 0.390. The normalized spacial score (nSPS) is 48.2. The number of carbonyl (C=O) groups is 2. The average molecular weight is 403 g/mol. The summed E-state index contributed by atoms with van der Waals surface area (Å²) in [7, 11) is 0. The van der Waals surface area contributed by atoms with Gasteiger partial charge in [-0.25, -0.2) is 0 Å². The van der Waals surface area contributed by atoms with Gasteiger partial charge in [-0.3, -0.25) is 9.59 Å². The maximum absolute atomic E-state index is 13.0. The van der Waals surface area contributed by atoms with Crippen molar-refractivity contribution in [1.29, 1.82) is 0 Å². The highest BCUT2D eigenvalue weighted by Gasteiger charge is 2.57. The van der Waals surface area contributed by atoms with Crippen LogP contribution in [0.25, 0.3) is 0 Å². The SMILES string of the molecule is CC12CCC3C(CC=C4CC(=O)/C(=C/C5=CC6CC6C=C5)CC43C)C1CCCC2=O. The topological polar surface area (TPSA) is 34.1 Å². The van der Waals surface area contributed by atoms with Gasteiger partial charge >= 0.3 is 0 Å². The molecule has 0 aromatic carbocycles. The molecule has 6 aliphatic carbocycles. The Morgan fingerprint density at radius 3 is 2.73 bits per heavy atom. The van der Waals surface area contributed by atoms with Crippen LogP contribution >= 0.6 is 0 Å². The molecule has 30 heavy (non-hydrogen) atoms. The van der Waals surface area contributed by atoms with Crippen LogP contribution in [-0.4, -0.2) is 11.6 Å². The van der Waals surface area contributed by atoms with Gasteiger partial charge in [0.15, 0.2) is 5.78 Å². The molecule has 0 bridgehead atoms.